The summed E-state index contributed by atoms with van der Waals surface area (Å²) in [6.07, 6.45) is 7.56. The fourth-order valence-electron chi connectivity index (χ4n) is 2.60. The number of carbonyl (C=O) groups is 1. The zero-order valence-electron chi connectivity index (χ0n) is 12.9. The van der Waals surface area contributed by atoms with Crippen molar-refractivity contribution in [1.82, 2.24) is 19.4 Å². The molecule has 3 rings (SSSR count). The van der Waals surface area contributed by atoms with Gasteiger partial charge in [-0.1, -0.05) is 0 Å². The van der Waals surface area contributed by atoms with Crippen molar-refractivity contribution in [2.75, 3.05) is 6.54 Å². The van der Waals surface area contributed by atoms with Crippen molar-refractivity contribution in [3.63, 3.8) is 0 Å². The van der Waals surface area contributed by atoms with E-state index in [1.54, 1.807) is 25.5 Å². The fourth-order valence-corrected chi connectivity index (χ4v) is 2.60. The van der Waals surface area contributed by atoms with Gasteiger partial charge in [0.25, 0.3) is 5.91 Å². The molecule has 2 aromatic rings. The highest BCUT2D eigenvalue weighted by Crippen LogP contribution is 2.46. The van der Waals surface area contributed by atoms with Crippen molar-refractivity contribution >= 4 is 5.91 Å². The molecule has 0 bridgehead atoms. The van der Waals surface area contributed by atoms with Gasteiger partial charge in [0.15, 0.2) is 0 Å². The van der Waals surface area contributed by atoms with Gasteiger partial charge in [-0.15, -0.1) is 0 Å². The summed E-state index contributed by atoms with van der Waals surface area (Å²) in [4.78, 5) is 27.8. The molecule has 116 valence electrons. The molecule has 6 nitrogen and oxygen atoms in total. The first-order valence-corrected chi connectivity index (χ1v) is 7.42. The van der Waals surface area contributed by atoms with E-state index in [0.29, 0.717) is 12.1 Å². The first-order chi connectivity index (χ1) is 10.5. The number of imidazole rings is 1. The van der Waals surface area contributed by atoms with E-state index in [1.165, 1.54) is 10.6 Å². The van der Waals surface area contributed by atoms with E-state index in [2.05, 4.69) is 14.9 Å². The van der Waals surface area contributed by atoms with Crippen molar-refractivity contribution in [2.24, 2.45) is 12.5 Å². The lowest BCUT2D eigenvalue weighted by Crippen LogP contribution is -2.33. The highest BCUT2D eigenvalue weighted by Gasteiger charge is 2.43. The van der Waals surface area contributed by atoms with Gasteiger partial charge in [0.1, 0.15) is 5.82 Å². The van der Waals surface area contributed by atoms with Gasteiger partial charge in [-0.2, -0.15) is 0 Å². The van der Waals surface area contributed by atoms with E-state index < -0.39 is 0 Å². The van der Waals surface area contributed by atoms with E-state index in [-0.39, 0.29) is 16.9 Å². The summed E-state index contributed by atoms with van der Waals surface area (Å²) in [5.41, 5.74) is 0.532. The third-order valence-corrected chi connectivity index (χ3v) is 4.36. The zero-order chi connectivity index (χ0) is 15.7. The molecule has 0 radical (unpaired) electrons. The number of carbonyl (C=O) groups excluding carboxylic acids is 1. The summed E-state index contributed by atoms with van der Waals surface area (Å²) in [5.74, 6) is 0.861. The second-order valence-electron chi connectivity index (χ2n) is 6.15. The zero-order valence-corrected chi connectivity index (χ0v) is 12.9. The molecule has 0 aliphatic heterocycles. The van der Waals surface area contributed by atoms with E-state index >= 15 is 0 Å². The third-order valence-electron chi connectivity index (χ3n) is 4.36. The monoisotopic (exact) mass is 300 g/mol. The number of nitrogens with zero attached hydrogens (tertiary/aromatic N) is 3. The number of pyridine rings is 1. The number of rotatable bonds is 5. The highest BCUT2D eigenvalue weighted by atomic mass is 16.2. The Hall–Kier alpha value is -2.37. The first-order valence-electron chi connectivity index (χ1n) is 7.42. The third kappa shape index (κ3) is 2.95. The van der Waals surface area contributed by atoms with Crippen molar-refractivity contribution in [3.8, 4) is 0 Å². The molecular weight excluding hydrogens is 280 g/mol. The van der Waals surface area contributed by atoms with Crippen LogP contribution in [-0.4, -0.2) is 26.6 Å². The maximum atomic E-state index is 12.2. The van der Waals surface area contributed by atoms with Gasteiger partial charge in [-0.25, -0.2) is 4.98 Å². The molecule has 0 spiro atoms. The number of aromatic nitrogens is 3. The SMILES string of the molecule is Cc1nccn1CC1(CNC(=O)c2ccc(=O)n(C)c2)CC1. The van der Waals surface area contributed by atoms with Crippen molar-refractivity contribution < 1.29 is 4.79 Å². The van der Waals surface area contributed by atoms with Crippen LogP contribution < -0.4 is 10.9 Å². The smallest absolute Gasteiger partial charge is 0.252 e. The van der Waals surface area contributed by atoms with Crippen LogP contribution in [0.4, 0.5) is 0 Å². The molecule has 2 heterocycles. The van der Waals surface area contributed by atoms with Gasteiger partial charge in [0.2, 0.25) is 5.56 Å². The van der Waals surface area contributed by atoms with Gasteiger partial charge in [0, 0.05) is 50.2 Å². The summed E-state index contributed by atoms with van der Waals surface area (Å²) in [5, 5.41) is 2.99. The van der Waals surface area contributed by atoms with Crippen LogP contribution in [0, 0.1) is 12.3 Å². The number of nitrogens with one attached hydrogen (secondary N) is 1. The summed E-state index contributed by atoms with van der Waals surface area (Å²) in [6.45, 7) is 3.51. The van der Waals surface area contributed by atoms with Crippen LogP contribution in [0.3, 0.4) is 0 Å². The maximum absolute atomic E-state index is 12.2. The second kappa shape index (κ2) is 5.44. The minimum Gasteiger partial charge on any atom is -0.351 e. The molecule has 1 saturated carbocycles. The molecular formula is C16H20N4O2. The molecule has 0 saturated heterocycles. The Morgan fingerprint density at radius 3 is 2.77 bits per heavy atom. The van der Waals surface area contributed by atoms with E-state index in [9.17, 15) is 9.59 Å². The van der Waals surface area contributed by atoms with Crippen molar-refractivity contribution in [1.29, 1.82) is 0 Å². The minimum atomic E-state index is -0.135. The molecule has 1 aliphatic carbocycles. The van der Waals surface area contributed by atoms with Crippen LogP contribution >= 0.6 is 0 Å². The fraction of sp³-hybridized carbons (Fsp3) is 0.438. The molecule has 1 fully saturated rings. The Labute approximate surface area is 128 Å². The summed E-state index contributed by atoms with van der Waals surface area (Å²) in [7, 11) is 1.64. The van der Waals surface area contributed by atoms with Crippen molar-refractivity contribution in [3.05, 3.63) is 52.5 Å². The average molecular weight is 300 g/mol. The lowest BCUT2D eigenvalue weighted by Gasteiger charge is -2.17. The standard InChI is InChI=1S/C16H20N4O2/c1-12-17-7-8-20(12)11-16(5-6-16)10-18-15(22)13-3-4-14(21)19(2)9-13/h3-4,7-9H,5-6,10-11H2,1-2H3,(H,18,22). The molecule has 0 unspecified atom stereocenters. The molecule has 0 atom stereocenters. The molecule has 22 heavy (non-hydrogen) atoms. The predicted octanol–water partition coefficient (Wildman–Crippen LogP) is 1.10. The largest absolute Gasteiger partial charge is 0.351 e. The molecule has 2 aromatic heterocycles. The second-order valence-corrected chi connectivity index (χ2v) is 6.15. The average Bonchev–Trinajstić information content (AvgIpc) is 3.15. The van der Waals surface area contributed by atoms with Gasteiger partial charge >= 0.3 is 0 Å². The van der Waals surface area contributed by atoms with Gasteiger partial charge in [-0.3, -0.25) is 9.59 Å². The summed E-state index contributed by atoms with van der Waals surface area (Å²) < 4.78 is 3.54. The molecule has 0 aromatic carbocycles. The number of aryl methyl sites for hydroxylation is 2. The molecule has 1 N–H and O–H groups in total. The summed E-state index contributed by atoms with van der Waals surface area (Å²) >= 11 is 0. The normalized spacial score (nSPS) is 15.5. The van der Waals surface area contributed by atoms with E-state index in [1.807, 2.05) is 13.1 Å². The number of hydrogen-bond acceptors (Lipinski definition) is 3. The Balaban J connectivity index is 1.62. The van der Waals surface area contributed by atoms with Gasteiger partial charge in [0.05, 0.1) is 5.56 Å². The van der Waals surface area contributed by atoms with Crippen LogP contribution in [0.25, 0.3) is 0 Å². The Morgan fingerprint density at radius 1 is 1.41 bits per heavy atom. The van der Waals surface area contributed by atoms with Crippen molar-refractivity contribution in [2.45, 2.75) is 26.3 Å². The lowest BCUT2D eigenvalue weighted by molar-refractivity contribution is 0.0942. The first kappa shape index (κ1) is 14.6. The van der Waals surface area contributed by atoms with Gasteiger partial charge in [-0.05, 0) is 25.8 Å². The minimum absolute atomic E-state index is 0.120. The number of hydrogen-bond donors (Lipinski definition) is 1. The van der Waals surface area contributed by atoms with Gasteiger partial charge < -0.3 is 14.5 Å². The maximum Gasteiger partial charge on any atom is 0.252 e. The van der Waals surface area contributed by atoms with E-state index in [4.69, 9.17) is 0 Å². The van der Waals surface area contributed by atoms with Crippen LogP contribution in [0.5, 0.6) is 0 Å². The van der Waals surface area contributed by atoms with Crippen LogP contribution in [0.2, 0.25) is 0 Å². The Morgan fingerprint density at radius 2 is 2.18 bits per heavy atom. The van der Waals surface area contributed by atoms with Crippen LogP contribution in [0.15, 0.2) is 35.5 Å². The van der Waals surface area contributed by atoms with Crippen LogP contribution in [-0.2, 0) is 13.6 Å². The predicted molar refractivity (Wildman–Crippen MR) is 82.6 cm³/mol. The van der Waals surface area contributed by atoms with E-state index in [0.717, 1.165) is 25.2 Å². The molecule has 1 amide bonds. The topological polar surface area (TPSA) is 68.9 Å². The Bertz CT molecular complexity index is 756. The number of amides is 1. The molecule has 1 aliphatic rings. The quantitative estimate of drug-likeness (QED) is 0.899. The summed E-state index contributed by atoms with van der Waals surface area (Å²) in [6, 6.07) is 2.98. The Kier molecular flexibility index (Phi) is 3.60. The lowest BCUT2D eigenvalue weighted by atomic mass is 10.1. The highest BCUT2D eigenvalue weighted by molar-refractivity contribution is 5.93. The van der Waals surface area contributed by atoms with Crippen LogP contribution in [0.1, 0.15) is 29.0 Å². The molecule has 6 heteroatoms.